The molecule has 1 aliphatic carbocycles. The molecule has 0 N–H and O–H groups in total. The van der Waals surface area contributed by atoms with Gasteiger partial charge in [0.15, 0.2) is 0 Å². The summed E-state index contributed by atoms with van der Waals surface area (Å²) >= 11 is 0. The maximum absolute atomic E-state index is 7.02. The van der Waals surface area contributed by atoms with Crippen molar-refractivity contribution in [2.75, 3.05) is 0 Å². The number of rotatable bonds is 5. The average Bonchev–Trinajstić information content (AvgIpc) is 3.57. The number of para-hydroxylation sites is 2. The van der Waals surface area contributed by atoms with Crippen LogP contribution in [0.5, 0.6) is 11.5 Å². The molecule has 1 aliphatic heterocycles. The van der Waals surface area contributed by atoms with Crippen molar-refractivity contribution in [3.05, 3.63) is 235 Å². The van der Waals surface area contributed by atoms with Gasteiger partial charge in [0.25, 0.3) is 0 Å². The highest BCUT2D eigenvalue weighted by molar-refractivity contribution is 5.91. The van der Waals surface area contributed by atoms with Crippen LogP contribution in [0.25, 0.3) is 67.0 Å². The van der Waals surface area contributed by atoms with E-state index in [9.17, 15) is 0 Å². The maximum atomic E-state index is 7.02. The van der Waals surface area contributed by atoms with Gasteiger partial charge in [-0.2, -0.15) is 0 Å². The van der Waals surface area contributed by atoms with Gasteiger partial charge in [0, 0.05) is 27.8 Å². The number of benzene rings is 8. The quantitative estimate of drug-likeness (QED) is 0.177. The van der Waals surface area contributed by atoms with Crippen molar-refractivity contribution in [3.8, 4) is 78.5 Å². The van der Waals surface area contributed by atoms with E-state index in [0.717, 1.165) is 56.3 Å². The number of hydrogen-bond donors (Lipinski definition) is 0. The first-order chi connectivity index (χ1) is 27.8. The van der Waals surface area contributed by atoms with E-state index < -0.39 is 5.41 Å². The molecule has 2 heteroatoms. The van der Waals surface area contributed by atoms with Crippen LogP contribution in [-0.2, 0) is 5.41 Å². The van der Waals surface area contributed by atoms with Crippen LogP contribution in [0.1, 0.15) is 22.3 Å². The molecule has 0 fully saturated rings. The Morgan fingerprint density at radius 3 is 1.46 bits per heavy atom. The van der Waals surface area contributed by atoms with Crippen molar-refractivity contribution in [3.63, 3.8) is 0 Å². The third-order valence-electron chi connectivity index (χ3n) is 11.6. The van der Waals surface area contributed by atoms with E-state index in [1.165, 1.54) is 44.5 Å². The minimum Gasteiger partial charge on any atom is -0.456 e. The Kier molecular flexibility index (Phi) is 7.43. The molecule has 2 aliphatic rings. The molecule has 1 spiro atoms. The van der Waals surface area contributed by atoms with E-state index in [1.54, 1.807) is 0 Å². The van der Waals surface area contributed by atoms with E-state index in [0.29, 0.717) is 0 Å². The second-order valence-corrected chi connectivity index (χ2v) is 14.6. The molecule has 0 bridgehead atoms. The van der Waals surface area contributed by atoms with Crippen LogP contribution in [0.15, 0.2) is 212 Å². The number of pyridine rings is 1. The molecule has 0 unspecified atom stereocenters. The van der Waals surface area contributed by atoms with Crippen molar-refractivity contribution in [1.29, 1.82) is 0 Å². The Morgan fingerprint density at radius 2 is 0.768 bits per heavy atom. The summed E-state index contributed by atoms with van der Waals surface area (Å²) < 4.78 is 7.02. The molecule has 2 nitrogen and oxygen atoms in total. The normalized spacial score (nSPS) is 12.9. The third-order valence-corrected chi connectivity index (χ3v) is 11.6. The Morgan fingerprint density at radius 1 is 0.304 bits per heavy atom. The highest BCUT2D eigenvalue weighted by atomic mass is 16.5. The average molecular weight is 714 g/mol. The highest BCUT2D eigenvalue weighted by Gasteiger charge is 2.51. The summed E-state index contributed by atoms with van der Waals surface area (Å²) in [6, 6.07) is 76.0. The predicted molar refractivity (Wildman–Crippen MR) is 229 cm³/mol. The van der Waals surface area contributed by atoms with Gasteiger partial charge in [0.05, 0.1) is 16.8 Å². The molecule has 1 aromatic heterocycles. The molecular weight excluding hydrogens is 679 g/mol. The Labute approximate surface area is 327 Å². The number of aromatic nitrogens is 1. The number of ether oxygens (including phenoxy) is 1. The number of hydrogen-bond acceptors (Lipinski definition) is 2. The lowest BCUT2D eigenvalue weighted by molar-refractivity contribution is 0.438. The summed E-state index contributed by atoms with van der Waals surface area (Å²) in [7, 11) is 0. The zero-order valence-corrected chi connectivity index (χ0v) is 30.6. The van der Waals surface area contributed by atoms with Gasteiger partial charge in [0.1, 0.15) is 11.5 Å². The lowest BCUT2D eigenvalue weighted by Gasteiger charge is -2.40. The fourth-order valence-corrected chi connectivity index (χ4v) is 9.15. The van der Waals surface area contributed by atoms with Crippen LogP contribution >= 0.6 is 0 Å². The standard InChI is InChI=1S/C54H35NO/c1-3-17-36(18-4-1)41-23-7-8-24-42(41)40-34-50(37-19-5-2-6-20-37)55-51(35-40)39-22-15-21-38(33-39)43-27-16-31-49-53(43)56-52-32-14-13-30-48(52)54(49)46-28-11-9-25-44(46)45-26-10-12-29-47(45)54/h1-35H. The van der Waals surface area contributed by atoms with Crippen LogP contribution in [-0.4, -0.2) is 4.98 Å². The molecule has 0 amide bonds. The molecule has 0 atom stereocenters. The van der Waals surface area contributed by atoms with Crippen LogP contribution in [0, 0.1) is 0 Å². The first-order valence-corrected chi connectivity index (χ1v) is 19.2. The lowest BCUT2D eigenvalue weighted by Crippen LogP contribution is -2.32. The van der Waals surface area contributed by atoms with Crippen LogP contribution < -0.4 is 4.74 Å². The van der Waals surface area contributed by atoms with E-state index in [4.69, 9.17) is 9.72 Å². The Balaban J connectivity index is 1.10. The van der Waals surface area contributed by atoms with Crippen molar-refractivity contribution >= 4 is 0 Å². The summed E-state index contributed by atoms with van der Waals surface area (Å²) in [6.45, 7) is 0. The molecule has 2 heterocycles. The van der Waals surface area contributed by atoms with E-state index in [-0.39, 0.29) is 0 Å². The first kappa shape index (κ1) is 32.2. The zero-order valence-electron chi connectivity index (χ0n) is 30.6. The summed E-state index contributed by atoms with van der Waals surface area (Å²) in [4.78, 5) is 5.33. The van der Waals surface area contributed by atoms with Gasteiger partial charge in [0.2, 0.25) is 0 Å². The van der Waals surface area contributed by atoms with Crippen molar-refractivity contribution in [1.82, 2.24) is 4.98 Å². The monoisotopic (exact) mass is 713 g/mol. The van der Waals surface area contributed by atoms with Gasteiger partial charge in [-0.3, -0.25) is 0 Å². The molecule has 11 rings (SSSR count). The molecule has 262 valence electrons. The van der Waals surface area contributed by atoms with Gasteiger partial charge >= 0.3 is 0 Å². The van der Waals surface area contributed by atoms with E-state index in [2.05, 4.69) is 212 Å². The summed E-state index contributed by atoms with van der Waals surface area (Å²) in [5.74, 6) is 1.77. The van der Waals surface area contributed by atoms with Gasteiger partial charge in [-0.25, -0.2) is 4.98 Å². The maximum Gasteiger partial charge on any atom is 0.140 e. The minimum absolute atomic E-state index is 0.516. The SMILES string of the molecule is c1ccc(-c2cc(-c3ccccc3-c3ccccc3)cc(-c3cccc(-c4cccc5c4Oc4ccccc4C54c5ccccc5-c5ccccc54)c3)n2)cc1. The van der Waals surface area contributed by atoms with Crippen molar-refractivity contribution < 1.29 is 4.74 Å². The molecule has 0 saturated carbocycles. The fraction of sp³-hybridized carbons (Fsp3) is 0.0185. The van der Waals surface area contributed by atoms with Gasteiger partial charge in [-0.05, 0) is 74.3 Å². The van der Waals surface area contributed by atoms with Crippen molar-refractivity contribution in [2.45, 2.75) is 5.41 Å². The van der Waals surface area contributed by atoms with Gasteiger partial charge < -0.3 is 4.74 Å². The fourth-order valence-electron chi connectivity index (χ4n) is 9.15. The summed E-state index contributed by atoms with van der Waals surface area (Å²) in [5, 5.41) is 0. The molecule has 0 saturated heterocycles. The summed E-state index contributed by atoms with van der Waals surface area (Å²) in [5.41, 5.74) is 17.7. The first-order valence-electron chi connectivity index (χ1n) is 19.2. The number of nitrogens with zero attached hydrogens (tertiary/aromatic N) is 1. The summed E-state index contributed by atoms with van der Waals surface area (Å²) in [6.07, 6.45) is 0. The van der Waals surface area contributed by atoms with Crippen molar-refractivity contribution in [2.24, 2.45) is 0 Å². The topological polar surface area (TPSA) is 22.1 Å². The lowest BCUT2D eigenvalue weighted by atomic mass is 9.65. The van der Waals surface area contributed by atoms with Gasteiger partial charge in [-0.1, -0.05) is 188 Å². The molecule has 0 radical (unpaired) electrons. The molecular formula is C54H35NO. The van der Waals surface area contributed by atoms with E-state index in [1.807, 2.05) is 0 Å². The third kappa shape index (κ3) is 4.93. The smallest absolute Gasteiger partial charge is 0.140 e. The molecule has 8 aromatic carbocycles. The van der Waals surface area contributed by atoms with Crippen LogP contribution in [0.4, 0.5) is 0 Å². The number of fused-ring (bicyclic) bond motifs is 9. The molecule has 56 heavy (non-hydrogen) atoms. The minimum atomic E-state index is -0.516. The van der Waals surface area contributed by atoms with Crippen LogP contribution in [0.2, 0.25) is 0 Å². The largest absolute Gasteiger partial charge is 0.456 e. The Bertz CT molecular complexity index is 2900. The molecule has 9 aromatic rings. The van der Waals surface area contributed by atoms with Gasteiger partial charge in [-0.15, -0.1) is 0 Å². The van der Waals surface area contributed by atoms with E-state index >= 15 is 0 Å². The second-order valence-electron chi connectivity index (χ2n) is 14.6. The van der Waals surface area contributed by atoms with Crippen LogP contribution in [0.3, 0.4) is 0 Å². The highest BCUT2D eigenvalue weighted by Crippen LogP contribution is 2.63. The zero-order chi connectivity index (χ0) is 37.1. The second kappa shape index (κ2) is 12.9. The predicted octanol–water partition coefficient (Wildman–Crippen LogP) is 13.9. The Hall–Kier alpha value is -7.29.